The first-order valence-corrected chi connectivity index (χ1v) is 6.70. The van der Waals surface area contributed by atoms with Gasteiger partial charge in [0.1, 0.15) is 0 Å². The van der Waals surface area contributed by atoms with Crippen molar-refractivity contribution < 1.29 is 4.74 Å². The second-order valence-corrected chi connectivity index (χ2v) is 6.62. The topological polar surface area (TPSA) is 21.3 Å². The van der Waals surface area contributed by atoms with Crippen molar-refractivity contribution in [2.45, 2.75) is 59.4 Å². The van der Waals surface area contributed by atoms with Gasteiger partial charge in [0.2, 0.25) is 0 Å². The molecule has 2 heteroatoms. The molecule has 0 amide bonds. The molecule has 0 aromatic carbocycles. The van der Waals surface area contributed by atoms with E-state index in [2.05, 4.69) is 39.9 Å². The average molecular weight is 227 g/mol. The molecule has 1 N–H and O–H groups in total. The lowest BCUT2D eigenvalue weighted by Gasteiger charge is -2.34. The first-order chi connectivity index (χ1) is 7.37. The third-order valence-corrected chi connectivity index (χ3v) is 3.66. The van der Waals surface area contributed by atoms with Crippen LogP contribution < -0.4 is 5.32 Å². The van der Waals surface area contributed by atoms with Crippen LogP contribution >= 0.6 is 0 Å². The molecule has 0 spiro atoms. The van der Waals surface area contributed by atoms with Crippen molar-refractivity contribution in [3.05, 3.63) is 0 Å². The predicted molar refractivity (Wildman–Crippen MR) is 69.7 cm³/mol. The van der Waals surface area contributed by atoms with Crippen LogP contribution in [0.1, 0.15) is 53.9 Å². The minimum Gasteiger partial charge on any atom is -0.381 e. The summed E-state index contributed by atoms with van der Waals surface area (Å²) in [7, 11) is 0. The van der Waals surface area contributed by atoms with Gasteiger partial charge in [-0.1, -0.05) is 20.3 Å². The molecular weight excluding hydrogens is 198 g/mol. The van der Waals surface area contributed by atoms with Gasteiger partial charge in [-0.25, -0.2) is 0 Å². The standard InChI is InChI=1S/C14H29NO/c1-6-12(2)9-14(7-8-16-11-14)10-15-13(3,4)5/h12,15H,6-11H2,1-5H3. The highest BCUT2D eigenvalue weighted by Gasteiger charge is 2.36. The highest BCUT2D eigenvalue weighted by molar-refractivity contribution is 4.88. The Bertz CT molecular complexity index is 201. The molecule has 0 aromatic heterocycles. The Morgan fingerprint density at radius 1 is 1.38 bits per heavy atom. The molecule has 96 valence electrons. The quantitative estimate of drug-likeness (QED) is 0.778. The van der Waals surface area contributed by atoms with Gasteiger partial charge in [-0.2, -0.15) is 0 Å². The van der Waals surface area contributed by atoms with E-state index in [1.54, 1.807) is 0 Å². The average Bonchev–Trinajstić information content (AvgIpc) is 2.63. The van der Waals surface area contributed by atoms with E-state index in [1.165, 1.54) is 19.3 Å². The first-order valence-electron chi connectivity index (χ1n) is 6.70. The number of hydrogen-bond donors (Lipinski definition) is 1. The normalized spacial score (nSPS) is 28.3. The predicted octanol–water partition coefficient (Wildman–Crippen LogP) is 3.22. The van der Waals surface area contributed by atoms with Crippen LogP contribution in [-0.2, 0) is 4.74 Å². The summed E-state index contributed by atoms with van der Waals surface area (Å²) < 4.78 is 5.63. The molecule has 1 heterocycles. The van der Waals surface area contributed by atoms with Crippen LogP contribution in [0, 0.1) is 11.3 Å². The van der Waals surface area contributed by atoms with Crippen LogP contribution in [0.15, 0.2) is 0 Å². The van der Waals surface area contributed by atoms with Crippen LogP contribution in [0.2, 0.25) is 0 Å². The van der Waals surface area contributed by atoms with Gasteiger partial charge in [0.25, 0.3) is 0 Å². The van der Waals surface area contributed by atoms with Gasteiger partial charge in [0.15, 0.2) is 0 Å². The van der Waals surface area contributed by atoms with Gasteiger partial charge in [0.05, 0.1) is 6.61 Å². The molecule has 0 bridgehead atoms. The summed E-state index contributed by atoms with van der Waals surface area (Å²) in [5.41, 5.74) is 0.605. The fourth-order valence-corrected chi connectivity index (χ4v) is 2.36. The van der Waals surface area contributed by atoms with Crippen LogP contribution in [0.25, 0.3) is 0 Å². The van der Waals surface area contributed by atoms with Crippen molar-refractivity contribution in [2.75, 3.05) is 19.8 Å². The summed E-state index contributed by atoms with van der Waals surface area (Å²) in [5.74, 6) is 0.809. The third-order valence-electron chi connectivity index (χ3n) is 3.66. The minimum absolute atomic E-state index is 0.213. The number of rotatable bonds is 5. The monoisotopic (exact) mass is 227 g/mol. The fraction of sp³-hybridized carbons (Fsp3) is 1.00. The number of ether oxygens (including phenoxy) is 1. The van der Waals surface area contributed by atoms with Crippen molar-refractivity contribution in [3.63, 3.8) is 0 Å². The maximum atomic E-state index is 5.63. The smallest absolute Gasteiger partial charge is 0.0535 e. The minimum atomic E-state index is 0.213. The van der Waals surface area contributed by atoms with Crippen molar-refractivity contribution in [1.29, 1.82) is 0 Å². The molecule has 16 heavy (non-hydrogen) atoms. The molecule has 0 aromatic rings. The molecular formula is C14H29NO. The molecule has 2 unspecified atom stereocenters. The van der Waals surface area contributed by atoms with E-state index in [-0.39, 0.29) is 5.54 Å². The molecule has 1 saturated heterocycles. The largest absolute Gasteiger partial charge is 0.381 e. The Labute approximate surface area is 101 Å². The molecule has 2 atom stereocenters. The SMILES string of the molecule is CCC(C)CC1(CNC(C)(C)C)CCOC1. The molecule has 2 nitrogen and oxygen atoms in total. The zero-order chi connectivity index (χ0) is 12.2. The molecule has 0 saturated carbocycles. The zero-order valence-corrected chi connectivity index (χ0v) is 11.7. The molecule has 1 aliphatic rings. The highest BCUT2D eigenvalue weighted by atomic mass is 16.5. The maximum Gasteiger partial charge on any atom is 0.0535 e. The van der Waals surface area contributed by atoms with Crippen LogP contribution in [0.3, 0.4) is 0 Å². The van der Waals surface area contributed by atoms with Crippen LogP contribution in [0.5, 0.6) is 0 Å². The second-order valence-electron chi connectivity index (χ2n) is 6.62. The van der Waals surface area contributed by atoms with Crippen molar-refractivity contribution in [2.24, 2.45) is 11.3 Å². The Kier molecular flexibility index (Phi) is 4.81. The van der Waals surface area contributed by atoms with Gasteiger partial charge < -0.3 is 10.1 Å². The summed E-state index contributed by atoms with van der Waals surface area (Å²) >= 11 is 0. The third kappa shape index (κ3) is 4.42. The van der Waals surface area contributed by atoms with Gasteiger partial charge >= 0.3 is 0 Å². The molecule has 0 radical (unpaired) electrons. The molecule has 0 aliphatic carbocycles. The van der Waals surface area contributed by atoms with Crippen molar-refractivity contribution in [3.8, 4) is 0 Å². The van der Waals surface area contributed by atoms with Crippen LogP contribution in [0.4, 0.5) is 0 Å². The Morgan fingerprint density at radius 2 is 2.06 bits per heavy atom. The van der Waals surface area contributed by atoms with E-state index < -0.39 is 0 Å². The number of nitrogens with one attached hydrogen (secondary N) is 1. The lowest BCUT2D eigenvalue weighted by atomic mass is 9.78. The summed E-state index contributed by atoms with van der Waals surface area (Å²) in [6.07, 6.45) is 3.80. The Balaban J connectivity index is 2.52. The second kappa shape index (κ2) is 5.50. The summed E-state index contributed by atoms with van der Waals surface area (Å²) in [6, 6.07) is 0. The van der Waals surface area contributed by atoms with Crippen molar-refractivity contribution >= 4 is 0 Å². The van der Waals surface area contributed by atoms with E-state index in [0.717, 1.165) is 25.7 Å². The van der Waals surface area contributed by atoms with Gasteiger partial charge in [-0.15, -0.1) is 0 Å². The summed E-state index contributed by atoms with van der Waals surface area (Å²) in [5, 5.41) is 3.65. The van der Waals surface area contributed by atoms with Gasteiger partial charge in [-0.05, 0) is 39.5 Å². The zero-order valence-electron chi connectivity index (χ0n) is 11.7. The number of hydrogen-bond acceptors (Lipinski definition) is 2. The fourth-order valence-electron chi connectivity index (χ4n) is 2.36. The Hall–Kier alpha value is -0.0800. The molecule has 1 aliphatic heterocycles. The highest BCUT2D eigenvalue weighted by Crippen LogP contribution is 2.36. The molecule has 1 fully saturated rings. The van der Waals surface area contributed by atoms with Gasteiger partial charge in [-0.3, -0.25) is 0 Å². The van der Waals surface area contributed by atoms with E-state index in [4.69, 9.17) is 4.74 Å². The van der Waals surface area contributed by atoms with E-state index in [0.29, 0.717) is 5.41 Å². The van der Waals surface area contributed by atoms with E-state index in [1.807, 2.05) is 0 Å². The van der Waals surface area contributed by atoms with Crippen LogP contribution in [-0.4, -0.2) is 25.3 Å². The lowest BCUT2D eigenvalue weighted by Crippen LogP contribution is -2.45. The maximum absolute atomic E-state index is 5.63. The molecule has 1 rings (SSSR count). The Morgan fingerprint density at radius 3 is 2.50 bits per heavy atom. The van der Waals surface area contributed by atoms with E-state index in [9.17, 15) is 0 Å². The summed E-state index contributed by atoms with van der Waals surface area (Å²) in [4.78, 5) is 0. The van der Waals surface area contributed by atoms with Crippen molar-refractivity contribution in [1.82, 2.24) is 5.32 Å². The lowest BCUT2D eigenvalue weighted by molar-refractivity contribution is 0.126. The van der Waals surface area contributed by atoms with E-state index >= 15 is 0 Å². The first kappa shape index (κ1) is 14.0. The summed E-state index contributed by atoms with van der Waals surface area (Å²) in [6.45, 7) is 14.3. The van der Waals surface area contributed by atoms with Gasteiger partial charge in [0, 0.05) is 24.1 Å².